The maximum absolute atomic E-state index is 5.85. The second-order valence-electron chi connectivity index (χ2n) is 4.81. The summed E-state index contributed by atoms with van der Waals surface area (Å²) in [7, 11) is 0. The van der Waals surface area contributed by atoms with E-state index in [9.17, 15) is 0 Å². The second kappa shape index (κ2) is 5.78. The Balaban J connectivity index is 1.96. The number of unbranched alkanes of at least 4 members (excludes halogenated alkanes) is 1. The average molecular weight is 266 g/mol. The molecule has 0 aliphatic carbocycles. The molecule has 2 aromatic carbocycles. The number of rotatable bonds is 5. The molecule has 0 amide bonds. The molecule has 0 radical (unpaired) electrons. The summed E-state index contributed by atoms with van der Waals surface area (Å²) < 4.78 is 5.85. The van der Waals surface area contributed by atoms with Crippen molar-refractivity contribution in [3.63, 3.8) is 0 Å². The zero-order chi connectivity index (χ0) is 13.8. The second-order valence-corrected chi connectivity index (χ2v) is 4.81. The molecule has 1 heterocycles. The lowest BCUT2D eigenvalue weighted by atomic mass is 10.1. The highest BCUT2D eigenvalue weighted by molar-refractivity contribution is 5.80. The van der Waals surface area contributed by atoms with E-state index in [1.165, 1.54) is 6.42 Å². The van der Waals surface area contributed by atoms with E-state index in [2.05, 4.69) is 23.3 Å². The number of benzene rings is 2. The van der Waals surface area contributed by atoms with Crippen LogP contribution >= 0.6 is 0 Å². The van der Waals surface area contributed by atoms with Crippen LogP contribution in [0.15, 0.2) is 52.9 Å². The number of para-hydroxylation sites is 3. The number of hydrogen-bond acceptors (Lipinski definition) is 3. The summed E-state index contributed by atoms with van der Waals surface area (Å²) in [6, 6.07) is 16.0. The molecule has 0 aliphatic rings. The van der Waals surface area contributed by atoms with E-state index in [4.69, 9.17) is 4.42 Å². The van der Waals surface area contributed by atoms with Gasteiger partial charge in [0, 0.05) is 12.2 Å². The topological polar surface area (TPSA) is 38.1 Å². The van der Waals surface area contributed by atoms with Crippen LogP contribution in [0.1, 0.15) is 19.8 Å². The van der Waals surface area contributed by atoms with Gasteiger partial charge in [0.25, 0.3) is 0 Å². The van der Waals surface area contributed by atoms with Crippen LogP contribution in [-0.4, -0.2) is 11.5 Å². The van der Waals surface area contributed by atoms with Crippen molar-refractivity contribution in [1.82, 2.24) is 4.98 Å². The smallest absolute Gasteiger partial charge is 0.229 e. The number of aromatic nitrogens is 1. The van der Waals surface area contributed by atoms with E-state index in [1.807, 2.05) is 42.5 Å². The maximum Gasteiger partial charge on any atom is 0.229 e. The highest BCUT2D eigenvalue weighted by Crippen LogP contribution is 2.29. The van der Waals surface area contributed by atoms with Gasteiger partial charge in [-0.2, -0.15) is 0 Å². The van der Waals surface area contributed by atoms with E-state index < -0.39 is 0 Å². The zero-order valence-electron chi connectivity index (χ0n) is 11.6. The molecule has 3 aromatic rings. The van der Waals surface area contributed by atoms with Gasteiger partial charge in [0.1, 0.15) is 5.52 Å². The van der Waals surface area contributed by atoms with Crippen molar-refractivity contribution in [2.45, 2.75) is 19.8 Å². The molecule has 1 N–H and O–H groups in total. The Morgan fingerprint density at radius 1 is 1.05 bits per heavy atom. The lowest BCUT2D eigenvalue weighted by Gasteiger charge is -2.08. The van der Waals surface area contributed by atoms with Gasteiger partial charge in [0.2, 0.25) is 5.89 Å². The van der Waals surface area contributed by atoms with Crippen molar-refractivity contribution in [3.8, 4) is 11.5 Å². The van der Waals surface area contributed by atoms with Gasteiger partial charge in [-0.15, -0.1) is 0 Å². The predicted octanol–water partition coefficient (Wildman–Crippen LogP) is 4.71. The Hall–Kier alpha value is -2.29. The molecule has 0 aliphatic heterocycles. The Kier molecular flexibility index (Phi) is 3.68. The van der Waals surface area contributed by atoms with Gasteiger partial charge < -0.3 is 9.73 Å². The lowest BCUT2D eigenvalue weighted by molar-refractivity contribution is 0.620. The van der Waals surface area contributed by atoms with E-state index in [1.54, 1.807) is 0 Å². The van der Waals surface area contributed by atoms with E-state index in [0.29, 0.717) is 5.89 Å². The molecule has 0 unspecified atom stereocenters. The van der Waals surface area contributed by atoms with Crippen LogP contribution in [-0.2, 0) is 0 Å². The fourth-order valence-electron chi connectivity index (χ4n) is 2.21. The average Bonchev–Trinajstić information content (AvgIpc) is 2.92. The maximum atomic E-state index is 5.85. The third-order valence-corrected chi connectivity index (χ3v) is 3.30. The van der Waals surface area contributed by atoms with Crippen molar-refractivity contribution >= 4 is 16.8 Å². The molecular formula is C17H18N2O. The minimum atomic E-state index is 0.672. The van der Waals surface area contributed by atoms with E-state index >= 15 is 0 Å². The van der Waals surface area contributed by atoms with E-state index in [0.717, 1.165) is 35.3 Å². The molecule has 3 nitrogen and oxygen atoms in total. The van der Waals surface area contributed by atoms with Gasteiger partial charge in [0.05, 0.1) is 5.56 Å². The first-order chi connectivity index (χ1) is 9.88. The van der Waals surface area contributed by atoms with Crippen LogP contribution in [0.2, 0.25) is 0 Å². The van der Waals surface area contributed by atoms with Crippen molar-refractivity contribution < 1.29 is 4.42 Å². The van der Waals surface area contributed by atoms with Gasteiger partial charge in [-0.1, -0.05) is 37.6 Å². The van der Waals surface area contributed by atoms with Crippen molar-refractivity contribution in [2.75, 3.05) is 11.9 Å². The molecule has 3 heteroatoms. The van der Waals surface area contributed by atoms with Crippen LogP contribution in [0.4, 0.5) is 5.69 Å². The zero-order valence-corrected chi connectivity index (χ0v) is 11.6. The molecular weight excluding hydrogens is 248 g/mol. The standard InChI is InChI=1S/C17H18N2O/c1-2-3-12-18-14-9-5-4-8-13(14)17-19-15-10-6-7-11-16(15)20-17/h4-11,18H,2-3,12H2,1H3. The molecule has 0 atom stereocenters. The summed E-state index contributed by atoms with van der Waals surface area (Å²) in [4.78, 5) is 4.57. The van der Waals surface area contributed by atoms with Crippen molar-refractivity contribution in [2.24, 2.45) is 0 Å². The molecule has 0 fully saturated rings. The fraction of sp³-hybridized carbons (Fsp3) is 0.235. The summed E-state index contributed by atoms with van der Waals surface area (Å²) in [5.41, 5.74) is 3.81. The van der Waals surface area contributed by atoms with Crippen LogP contribution in [0.3, 0.4) is 0 Å². The van der Waals surface area contributed by atoms with Gasteiger partial charge in [-0.3, -0.25) is 0 Å². The number of nitrogens with zero attached hydrogens (tertiary/aromatic N) is 1. The number of hydrogen-bond donors (Lipinski definition) is 1. The molecule has 3 rings (SSSR count). The minimum absolute atomic E-state index is 0.672. The number of nitrogens with one attached hydrogen (secondary N) is 1. The van der Waals surface area contributed by atoms with Crippen LogP contribution < -0.4 is 5.32 Å². The Morgan fingerprint density at radius 2 is 1.85 bits per heavy atom. The summed E-state index contributed by atoms with van der Waals surface area (Å²) in [6.45, 7) is 3.15. The number of anilines is 1. The monoisotopic (exact) mass is 266 g/mol. The van der Waals surface area contributed by atoms with Gasteiger partial charge in [-0.25, -0.2) is 4.98 Å². The summed E-state index contributed by atoms with van der Waals surface area (Å²) in [5.74, 6) is 0.672. The normalized spacial score (nSPS) is 10.8. The molecule has 0 spiro atoms. The first-order valence-corrected chi connectivity index (χ1v) is 7.07. The molecule has 102 valence electrons. The summed E-state index contributed by atoms with van der Waals surface area (Å²) >= 11 is 0. The van der Waals surface area contributed by atoms with Gasteiger partial charge >= 0.3 is 0 Å². The molecule has 0 bridgehead atoms. The van der Waals surface area contributed by atoms with Gasteiger partial charge in [-0.05, 0) is 30.7 Å². The van der Waals surface area contributed by atoms with Gasteiger partial charge in [0.15, 0.2) is 5.58 Å². The van der Waals surface area contributed by atoms with Crippen molar-refractivity contribution in [1.29, 1.82) is 0 Å². The quantitative estimate of drug-likeness (QED) is 0.680. The summed E-state index contributed by atoms with van der Waals surface area (Å²) in [6.07, 6.45) is 2.33. The Bertz CT molecular complexity index is 670. The first kappa shape index (κ1) is 12.7. The van der Waals surface area contributed by atoms with Crippen LogP contribution in [0.25, 0.3) is 22.6 Å². The molecule has 0 saturated carbocycles. The van der Waals surface area contributed by atoms with Crippen LogP contribution in [0, 0.1) is 0 Å². The largest absolute Gasteiger partial charge is 0.436 e. The third-order valence-electron chi connectivity index (χ3n) is 3.30. The first-order valence-electron chi connectivity index (χ1n) is 7.07. The Morgan fingerprint density at radius 3 is 2.70 bits per heavy atom. The Labute approximate surface area is 118 Å². The highest BCUT2D eigenvalue weighted by atomic mass is 16.3. The summed E-state index contributed by atoms with van der Waals surface area (Å²) in [5, 5.41) is 3.46. The molecule has 0 saturated heterocycles. The SMILES string of the molecule is CCCCNc1ccccc1-c1nc2ccccc2o1. The van der Waals surface area contributed by atoms with E-state index in [-0.39, 0.29) is 0 Å². The minimum Gasteiger partial charge on any atom is -0.436 e. The highest BCUT2D eigenvalue weighted by Gasteiger charge is 2.11. The predicted molar refractivity (Wildman–Crippen MR) is 82.8 cm³/mol. The van der Waals surface area contributed by atoms with Crippen LogP contribution in [0.5, 0.6) is 0 Å². The number of fused-ring (bicyclic) bond motifs is 1. The lowest BCUT2D eigenvalue weighted by Crippen LogP contribution is -2.02. The molecule has 20 heavy (non-hydrogen) atoms. The fourth-order valence-corrected chi connectivity index (χ4v) is 2.21. The third kappa shape index (κ3) is 2.52. The molecule has 1 aromatic heterocycles. The number of oxazole rings is 1. The van der Waals surface area contributed by atoms with Crippen molar-refractivity contribution in [3.05, 3.63) is 48.5 Å².